The van der Waals surface area contributed by atoms with E-state index in [1.54, 1.807) is 11.3 Å². The van der Waals surface area contributed by atoms with Crippen LogP contribution in [0.25, 0.3) is 0 Å². The zero-order chi connectivity index (χ0) is 13.9. The van der Waals surface area contributed by atoms with Crippen molar-refractivity contribution in [1.82, 2.24) is 5.32 Å². The average molecular weight is 289 g/mol. The number of nitrogens with one attached hydrogen (secondary N) is 2. The molecule has 0 saturated carbocycles. The molecule has 5 heteroatoms. The molecule has 20 heavy (non-hydrogen) atoms. The molecule has 0 aromatic carbocycles. The van der Waals surface area contributed by atoms with Crippen molar-refractivity contribution in [3.05, 3.63) is 16.0 Å². The summed E-state index contributed by atoms with van der Waals surface area (Å²) in [6, 6.07) is 2.26. The third kappa shape index (κ3) is 2.72. The van der Waals surface area contributed by atoms with Crippen molar-refractivity contribution in [3.63, 3.8) is 0 Å². The molecule has 1 saturated heterocycles. The zero-order valence-electron chi connectivity index (χ0n) is 11.5. The zero-order valence-corrected chi connectivity index (χ0v) is 12.3. The van der Waals surface area contributed by atoms with Crippen molar-refractivity contribution >= 4 is 22.2 Å². The normalized spacial score (nSPS) is 20.6. The Morgan fingerprint density at radius 3 is 3.15 bits per heavy atom. The number of fused-ring (bicyclic) bond motifs is 1. The highest BCUT2D eigenvalue weighted by Gasteiger charge is 2.23. The molecular formula is C15H19N3OS. The lowest BCUT2D eigenvalue weighted by molar-refractivity contribution is -0.116. The van der Waals surface area contributed by atoms with Crippen LogP contribution in [-0.4, -0.2) is 19.0 Å². The van der Waals surface area contributed by atoms with Crippen LogP contribution in [0.3, 0.4) is 0 Å². The van der Waals surface area contributed by atoms with E-state index < -0.39 is 0 Å². The molecule has 1 aliphatic heterocycles. The van der Waals surface area contributed by atoms with Gasteiger partial charge in [-0.15, -0.1) is 11.3 Å². The number of aryl methyl sites for hydroxylation is 1. The van der Waals surface area contributed by atoms with Crippen LogP contribution in [0.2, 0.25) is 0 Å². The molecule has 0 radical (unpaired) electrons. The van der Waals surface area contributed by atoms with E-state index in [4.69, 9.17) is 0 Å². The first-order valence-corrected chi connectivity index (χ1v) is 8.14. The molecule has 1 fully saturated rings. The molecule has 0 spiro atoms. The van der Waals surface area contributed by atoms with Gasteiger partial charge in [0.2, 0.25) is 5.91 Å². The molecule has 106 valence electrons. The Bertz CT molecular complexity index is 552. The lowest BCUT2D eigenvalue weighted by atomic mass is 10.0. The van der Waals surface area contributed by atoms with Gasteiger partial charge in [0.1, 0.15) is 11.1 Å². The minimum absolute atomic E-state index is 0.0494. The predicted octanol–water partition coefficient (Wildman–Crippen LogP) is 2.44. The Labute approximate surface area is 123 Å². The minimum atomic E-state index is 0.0494. The first kappa shape index (κ1) is 13.6. The van der Waals surface area contributed by atoms with Crippen LogP contribution in [0.15, 0.2) is 0 Å². The highest BCUT2D eigenvalue weighted by atomic mass is 32.1. The average Bonchev–Trinajstić information content (AvgIpc) is 3.12. The second-order valence-electron chi connectivity index (χ2n) is 5.62. The molecule has 1 aromatic rings. The number of thiophene rings is 1. The van der Waals surface area contributed by atoms with Gasteiger partial charge in [0.05, 0.1) is 5.56 Å². The smallest absolute Gasteiger partial charge is 0.225 e. The maximum atomic E-state index is 12.0. The second kappa shape index (κ2) is 5.94. The fourth-order valence-electron chi connectivity index (χ4n) is 3.10. The van der Waals surface area contributed by atoms with Crippen molar-refractivity contribution < 1.29 is 4.79 Å². The fourth-order valence-corrected chi connectivity index (χ4v) is 4.35. The molecule has 1 aromatic heterocycles. The summed E-state index contributed by atoms with van der Waals surface area (Å²) in [5, 5.41) is 16.3. The van der Waals surface area contributed by atoms with E-state index in [2.05, 4.69) is 16.7 Å². The van der Waals surface area contributed by atoms with Crippen molar-refractivity contribution in [2.75, 3.05) is 18.4 Å². The predicted molar refractivity (Wildman–Crippen MR) is 79.9 cm³/mol. The summed E-state index contributed by atoms with van der Waals surface area (Å²) in [6.45, 7) is 2.10. The van der Waals surface area contributed by atoms with Gasteiger partial charge in [0.25, 0.3) is 0 Å². The largest absolute Gasteiger partial charge is 0.317 e. The highest BCUT2D eigenvalue weighted by molar-refractivity contribution is 7.16. The standard InChI is InChI=1S/C15H19N3OS/c16-8-12-11-2-1-3-13(11)20-15(12)18-14(19)5-4-10-6-7-17-9-10/h10,17H,1-7,9H2,(H,18,19). The van der Waals surface area contributed by atoms with E-state index >= 15 is 0 Å². The molecule has 2 heterocycles. The van der Waals surface area contributed by atoms with Gasteiger partial charge in [-0.3, -0.25) is 4.79 Å². The van der Waals surface area contributed by atoms with Crippen molar-refractivity contribution in [3.8, 4) is 6.07 Å². The Hall–Kier alpha value is -1.38. The molecule has 2 aliphatic rings. The number of hydrogen-bond acceptors (Lipinski definition) is 4. The molecule has 0 bridgehead atoms. The topological polar surface area (TPSA) is 64.9 Å². The van der Waals surface area contributed by atoms with Gasteiger partial charge >= 0.3 is 0 Å². The summed E-state index contributed by atoms with van der Waals surface area (Å²) < 4.78 is 0. The molecule has 1 amide bonds. The first-order chi connectivity index (χ1) is 9.78. The van der Waals surface area contributed by atoms with Crippen LogP contribution < -0.4 is 10.6 Å². The molecule has 3 rings (SSSR count). The third-order valence-electron chi connectivity index (χ3n) is 4.23. The maximum Gasteiger partial charge on any atom is 0.225 e. The molecule has 4 nitrogen and oxygen atoms in total. The summed E-state index contributed by atoms with van der Waals surface area (Å²) in [6.07, 6.45) is 5.84. The van der Waals surface area contributed by atoms with Gasteiger partial charge in [-0.1, -0.05) is 0 Å². The van der Waals surface area contributed by atoms with Crippen LogP contribution in [0, 0.1) is 17.2 Å². The van der Waals surface area contributed by atoms with E-state index in [-0.39, 0.29) is 5.91 Å². The van der Waals surface area contributed by atoms with E-state index in [9.17, 15) is 10.1 Å². The summed E-state index contributed by atoms with van der Waals surface area (Å²) >= 11 is 1.59. The minimum Gasteiger partial charge on any atom is -0.317 e. The quantitative estimate of drug-likeness (QED) is 0.894. The van der Waals surface area contributed by atoms with Crippen LogP contribution in [0.5, 0.6) is 0 Å². The third-order valence-corrected chi connectivity index (χ3v) is 5.44. The summed E-state index contributed by atoms with van der Waals surface area (Å²) in [7, 11) is 0. The lowest BCUT2D eigenvalue weighted by Gasteiger charge is -2.08. The molecule has 2 N–H and O–H groups in total. The van der Waals surface area contributed by atoms with Crippen molar-refractivity contribution in [2.45, 2.75) is 38.5 Å². The molecular weight excluding hydrogens is 270 g/mol. The Kier molecular flexibility index (Phi) is 4.04. The number of carbonyl (C=O) groups excluding carboxylic acids is 1. The molecule has 1 atom stereocenters. The number of nitriles is 1. The number of anilines is 1. The summed E-state index contributed by atoms with van der Waals surface area (Å²) in [4.78, 5) is 13.3. The van der Waals surface area contributed by atoms with Crippen molar-refractivity contribution in [2.24, 2.45) is 5.92 Å². The number of nitrogens with zero attached hydrogens (tertiary/aromatic N) is 1. The van der Waals surface area contributed by atoms with Gasteiger partial charge in [-0.05, 0) is 56.7 Å². The number of carbonyl (C=O) groups is 1. The van der Waals surface area contributed by atoms with E-state index in [0.29, 0.717) is 17.9 Å². The lowest BCUT2D eigenvalue weighted by Crippen LogP contribution is -2.15. The fraction of sp³-hybridized carbons (Fsp3) is 0.600. The monoisotopic (exact) mass is 289 g/mol. The van der Waals surface area contributed by atoms with Crippen LogP contribution in [-0.2, 0) is 17.6 Å². The second-order valence-corrected chi connectivity index (χ2v) is 6.72. The summed E-state index contributed by atoms with van der Waals surface area (Å²) in [5.74, 6) is 0.679. The van der Waals surface area contributed by atoms with E-state index in [1.165, 1.54) is 16.9 Å². The Morgan fingerprint density at radius 2 is 2.40 bits per heavy atom. The van der Waals surface area contributed by atoms with Crippen LogP contribution in [0.4, 0.5) is 5.00 Å². The van der Waals surface area contributed by atoms with Crippen LogP contribution >= 0.6 is 11.3 Å². The van der Waals surface area contributed by atoms with Crippen molar-refractivity contribution in [1.29, 1.82) is 5.26 Å². The maximum absolute atomic E-state index is 12.0. The highest BCUT2D eigenvalue weighted by Crippen LogP contribution is 2.38. The Balaban J connectivity index is 1.60. The number of amides is 1. The molecule has 1 unspecified atom stereocenters. The molecule has 1 aliphatic carbocycles. The van der Waals surface area contributed by atoms with Gasteiger partial charge < -0.3 is 10.6 Å². The van der Waals surface area contributed by atoms with Gasteiger partial charge in [-0.25, -0.2) is 0 Å². The van der Waals surface area contributed by atoms with Crippen LogP contribution in [0.1, 0.15) is 41.7 Å². The van der Waals surface area contributed by atoms with Gasteiger partial charge in [0, 0.05) is 11.3 Å². The van der Waals surface area contributed by atoms with E-state index in [1.807, 2.05) is 0 Å². The number of hydrogen-bond donors (Lipinski definition) is 2. The van der Waals surface area contributed by atoms with Gasteiger partial charge in [-0.2, -0.15) is 5.26 Å². The van der Waals surface area contributed by atoms with E-state index in [0.717, 1.165) is 43.8 Å². The SMILES string of the molecule is N#Cc1c(NC(=O)CCC2CCNC2)sc2c1CCC2. The summed E-state index contributed by atoms with van der Waals surface area (Å²) in [5.41, 5.74) is 1.88. The Morgan fingerprint density at radius 1 is 1.50 bits per heavy atom. The van der Waals surface area contributed by atoms with Gasteiger partial charge in [0.15, 0.2) is 0 Å². The first-order valence-electron chi connectivity index (χ1n) is 7.33. The number of rotatable bonds is 4.